The van der Waals surface area contributed by atoms with E-state index in [-0.39, 0.29) is 18.0 Å². The molecule has 0 fully saturated rings. The van der Waals surface area contributed by atoms with Crippen molar-refractivity contribution in [2.45, 2.75) is 58.3 Å². The van der Waals surface area contributed by atoms with Crippen LogP contribution in [0.25, 0.3) is 4.85 Å². The largest absolute Gasteiger partial charge is 0.488 e. The summed E-state index contributed by atoms with van der Waals surface area (Å²) in [5, 5.41) is 18.6. The second-order valence-electron chi connectivity index (χ2n) is 5.78. The molecule has 0 heterocycles. The van der Waals surface area contributed by atoms with Crippen molar-refractivity contribution in [3.63, 3.8) is 0 Å². The lowest BCUT2D eigenvalue weighted by Crippen LogP contribution is -2.25. The summed E-state index contributed by atoms with van der Waals surface area (Å²) in [5.41, 5.74) is -1.20. The molecule has 8 heteroatoms. The molecule has 0 radical (unpaired) electrons. The van der Waals surface area contributed by atoms with Crippen LogP contribution in [0, 0.1) is 6.07 Å². The zero-order chi connectivity index (χ0) is 19.2. The number of benzene rings is 1. The van der Waals surface area contributed by atoms with E-state index in [4.69, 9.17) is 9.47 Å². The molecule has 4 atom stereocenters. The Kier molecular flexibility index (Phi) is 7.67. The van der Waals surface area contributed by atoms with Crippen molar-refractivity contribution in [2.75, 3.05) is 6.73 Å². The summed E-state index contributed by atoms with van der Waals surface area (Å²) in [4.78, 5) is 3.69. The highest BCUT2D eigenvalue weighted by Crippen LogP contribution is 2.34. The topological polar surface area (TPSA) is 63.3 Å². The van der Waals surface area contributed by atoms with Gasteiger partial charge in [0.15, 0.2) is 0 Å². The molecule has 1 aromatic rings. The standard InChI is InChI=1S/C17H23F3NO4/c1-10(22)12(3)24-9-21-8-14-5-6-15(25-13(4)11(2)23)7-16(14)17(18,19)20/h5-7,10-13,22-23H,9H2,1-4H3/q+1/t10-,11-,12-,13-/m0/s1. The van der Waals surface area contributed by atoms with Crippen LogP contribution in [0.5, 0.6) is 5.75 Å². The van der Waals surface area contributed by atoms with Gasteiger partial charge in [-0.05, 0) is 50.7 Å². The quantitative estimate of drug-likeness (QED) is 0.815. The van der Waals surface area contributed by atoms with Crippen LogP contribution in [0.4, 0.5) is 13.2 Å². The molecule has 1 aromatic carbocycles. The van der Waals surface area contributed by atoms with E-state index < -0.39 is 36.2 Å². The van der Waals surface area contributed by atoms with Gasteiger partial charge in [0.25, 0.3) is 0 Å². The van der Waals surface area contributed by atoms with Crippen LogP contribution in [0.3, 0.4) is 0 Å². The van der Waals surface area contributed by atoms with E-state index in [9.17, 15) is 23.4 Å². The first-order valence-corrected chi connectivity index (χ1v) is 7.80. The van der Waals surface area contributed by atoms with Crippen molar-refractivity contribution in [3.8, 4) is 11.8 Å². The van der Waals surface area contributed by atoms with E-state index in [2.05, 4.69) is 10.9 Å². The maximum absolute atomic E-state index is 13.2. The summed E-state index contributed by atoms with van der Waals surface area (Å²) in [6.45, 7) is 5.97. The summed E-state index contributed by atoms with van der Waals surface area (Å²) in [6.07, 6.45) is -7.30. The number of alkyl halides is 3. The number of nitrogens with zero attached hydrogens (tertiary/aromatic N) is 1. The molecule has 0 spiro atoms. The molecular weight excluding hydrogens is 339 g/mol. The van der Waals surface area contributed by atoms with E-state index in [0.717, 1.165) is 6.07 Å². The van der Waals surface area contributed by atoms with E-state index in [1.54, 1.807) is 13.8 Å². The van der Waals surface area contributed by atoms with Crippen LogP contribution >= 0.6 is 0 Å². The summed E-state index contributed by atoms with van der Waals surface area (Å²) in [6, 6.07) is 5.70. The van der Waals surface area contributed by atoms with Gasteiger partial charge in [0.1, 0.15) is 17.4 Å². The summed E-state index contributed by atoms with van der Waals surface area (Å²) in [7, 11) is 0. The number of aliphatic hydroxyl groups is 2. The number of halogens is 3. The fourth-order valence-electron chi connectivity index (χ4n) is 1.65. The van der Waals surface area contributed by atoms with Crippen LogP contribution in [-0.2, 0) is 10.9 Å². The van der Waals surface area contributed by atoms with E-state index in [1.165, 1.54) is 26.0 Å². The molecule has 5 nitrogen and oxygen atoms in total. The highest BCUT2D eigenvalue weighted by Gasteiger charge is 2.35. The Morgan fingerprint density at radius 3 is 2.20 bits per heavy atom. The summed E-state index contributed by atoms with van der Waals surface area (Å²) < 4.78 is 50.1. The predicted molar refractivity (Wildman–Crippen MR) is 86.7 cm³/mol. The first-order valence-electron chi connectivity index (χ1n) is 7.80. The Bertz CT molecular complexity index is 621. The Balaban J connectivity index is 2.97. The molecule has 0 unspecified atom stereocenters. The fourth-order valence-corrected chi connectivity index (χ4v) is 1.65. The smallest absolute Gasteiger partial charge is 0.417 e. The zero-order valence-corrected chi connectivity index (χ0v) is 14.5. The van der Waals surface area contributed by atoms with Crippen LogP contribution in [0.15, 0.2) is 18.2 Å². The normalized spacial score (nSPS) is 16.4. The van der Waals surface area contributed by atoms with Crippen molar-refractivity contribution in [1.29, 1.82) is 0 Å². The third kappa shape index (κ3) is 6.90. The van der Waals surface area contributed by atoms with Gasteiger partial charge in [0.05, 0.1) is 23.9 Å². The van der Waals surface area contributed by atoms with Crippen LogP contribution in [0.2, 0.25) is 0 Å². The SMILES string of the molecule is C[C@H](O)[C@H](C)OC[N+]#Cc1ccc(O[C@@H](C)[C@H](C)O)cc1C(F)(F)F. The molecule has 0 aliphatic rings. The second-order valence-corrected chi connectivity index (χ2v) is 5.78. The van der Waals surface area contributed by atoms with Crippen LogP contribution in [0.1, 0.15) is 38.8 Å². The highest BCUT2D eigenvalue weighted by molar-refractivity contribution is 5.45. The average molecular weight is 362 g/mol. The summed E-state index contributed by atoms with van der Waals surface area (Å²) in [5.74, 6) is -0.00903. The second kappa shape index (κ2) is 9.04. The number of aliphatic hydroxyl groups excluding tert-OH is 2. The van der Waals surface area contributed by atoms with E-state index in [1.807, 2.05) is 0 Å². The molecule has 0 saturated carbocycles. The predicted octanol–water partition coefficient (Wildman–Crippen LogP) is 3.28. The molecule has 0 aromatic heterocycles. The van der Waals surface area contributed by atoms with Gasteiger partial charge in [-0.15, -0.1) is 0 Å². The Hall–Kier alpha value is -1.82. The first-order chi connectivity index (χ1) is 11.5. The van der Waals surface area contributed by atoms with Crippen molar-refractivity contribution >= 4 is 0 Å². The van der Waals surface area contributed by atoms with Gasteiger partial charge in [-0.3, -0.25) is 0 Å². The minimum atomic E-state index is -4.61. The maximum atomic E-state index is 13.2. The molecule has 0 bridgehead atoms. The first kappa shape index (κ1) is 21.2. The third-order valence-electron chi connectivity index (χ3n) is 3.58. The van der Waals surface area contributed by atoms with E-state index >= 15 is 0 Å². The molecule has 140 valence electrons. The van der Waals surface area contributed by atoms with Crippen LogP contribution < -0.4 is 4.74 Å². The van der Waals surface area contributed by atoms with Gasteiger partial charge < -0.3 is 19.7 Å². The molecule has 25 heavy (non-hydrogen) atoms. The maximum Gasteiger partial charge on any atom is 0.417 e. The minimum Gasteiger partial charge on any atom is -0.488 e. The van der Waals surface area contributed by atoms with Crippen molar-refractivity contribution < 1.29 is 32.9 Å². The Morgan fingerprint density at radius 2 is 1.68 bits per heavy atom. The van der Waals surface area contributed by atoms with Gasteiger partial charge >= 0.3 is 19.0 Å². The lowest BCUT2D eigenvalue weighted by Gasteiger charge is -2.18. The lowest BCUT2D eigenvalue weighted by molar-refractivity contribution is -0.137. The lowest BCUT2D eigenvalue weighted by atomic mass is 10.1. The molecule has 0 amide bonds. The fraction of sp³-hybridized carbons (Fsp3) is 0.588. The summed E-state index contributed by atoms with van der Waals surface area (Å²) >= 11 is 0. The molecule has 0 saturated heterocycles. The monoisotopic (exact) mass is 362 g/mol. The Labute approximate surface area is 144 Å². The highest BCUT2D eigenvalue weighted by atomic mass is 19.4. The van der Waals surface area contributed by atoms with Gasteiger partial charge in [-0.2, -0.15) is 13.2 Å². The third-order valence-corrected chi connectivity index (χ3v) is 3.58. The minimum absolute atomic E-state index is 0.00903. The average Bonchev–Trinajstić information content (AvgIpc) is 2.50. The van der Waals surface area contributed by atoms with Gasteiger partial charge in [0, 0.05) is 0 Å². The van der Waals surface area contributed by atoms with Gasteiger partial charge in [-0.1, -0.05) is 0 Å². The molecule has 0 aliphatic heterocycles. The molecule has 0 aliphatic carbocycles. The van der Waals surface area contributed by atoms with Crippen molar-refractivity contribution in [1.82, 2.24) is 0 Å². The number of rotatable bonds is 6. The van der Waals surface area contributed by atoms with E-state index in [0.29, 0.717) is 0 Å². The zero-order valence-electron chi connectivity index (χ0n) is 14.5. The van der Waals surface area contributed by atoms with Crippen molar-refractivity contribution in [2.24, 2.45) is 0 Å². The molecule has 1 rings (SSSR count). The Morgan fingerprint density at radius 1 is 1.08 bits per heavy atom. The number of ether oxygens (including phenoxy) is 2. The number of hydrogen-bond donors (Lipinski definition) is 2. The van der Waals surface area contributed by atoms with Gasteiger partial charge in [0.2, 0.25) is 0 Å². The van der Waals surface area contributed by atoms with Gasteiger partial charge in [-0.25, -0.2) is 0 Å². The van der Waals surface area contributed by atoms with Crippen LogP contribution in [-0.4, -0.2) is 41.4 Å². The number of hydrogen-bond acceptors (Lipinski definition) is 4. The van der Waals surface area contributed by atoms with Crippen molar-refractivity contribution in [3.05, 3.63) is 34.2 Å². The molecule has 2 N–H and O–H groups in total. The molecular formula is C17H23F3NO4+.